The normalized spacial score (nSPS) is 10.0. The quantitative estimate of drug-likeness (QED) is 0.694. The molecule has 5 heteroatoms. The van der Waals surface area contributed by atoms with Crippen LogP contribution in [-0.4, -0.2) is 21.1 Å². The summed E-state index contributed by atoms with van der Waals surface area (Å²) in [6.45, 7) is 0. The molecule has 0 spiro atoms. The van der Waals surface area contributed by atoms with Gasteiger partial charge in [0, 0.05) is 12.4 Å². The number of nitrogens with one attached hydrogen (secondary N) is 1. The third-order valence-corrected chi connectivity index (χ3v) is 1.87. The fourth-order valence-corrected chi connectivity index (χ4v) is 1.18. The Morgan fingerprint density at radius 1 is 1.50 bits per heavy atom. The van der Waals surface area contributed by atoms with Crippen LogP contribution in [0, 0.1) is 0 Å². The number of hydrogen-bond acceptors (Lipinski definition) is 3. The van der Waals surface area contributed by atoms with Crippen LogP contribution in [0.4, 0.5) is 0 Å². The molecule has 5 nitrogen and oxygen atoms in total. The van der Waals surface area contributed by atoms with E-state index in [1.165, 1.54) is 16.8 Å². The lowest BCUT2D eigenvalue weighted by Gasteiger charge is -2.00. The van der Waals surface area contributed by atoms with E-state index >= 15 is 0 Å². The molecule has 2 aromatic heterocycles. The molecular formula is C9H7N3O2. The standard InChI is InChI=1S/C9H7N3O2/c13-6-7-2-1-3-12(9(7)14)8-4-10-11-5-8/h1-6H,(H,10,11). The zero-order valence-corrected chi connectivity index (χ0v) is 7.18. The summed E-state index contributed by atoms with van der Waals surface area (Å²) in [5.41, 5.74) is 0.399. The van der Waals surface area contributed by atoms with E-state index in [-0.39, 0.29) is 11.1 Å². The van der Waals surface area contributed by atoms with Gasteiger partial charge >= 0.3 is 0 Å². The highest BCUT2D eigenvalue weighted by Gasteiger charge is 2.03. The number of carbonyl (C=O) groups is 1. The van der Waals surface area contributed by atoms with Crippen molar-refractivity contribution in [3.8, 4) is 5.69 Å². The van der Waals surface area contributed by atoms with Crippen molar-refractivity contribution in [1.82, 2.24) is 14.8 Å². The molecule has 2 heterocycles. The number of carbonyl (C=O) groups excluding carboxylic acids is 1. The summed E-state index contributed by atoms with van der Waals surface area (Å²) in [4.78, 5) is 22.1. The van der Waals surface area contributed by atoms with Gasteiger partial charge in [-0.1, -0.05) is 0 Å². The van der Waals surface area contributed by atoms with E-state index in [0.29, 0.717) is 12.0 Å². The van der Waals surface area contributed by atoms with Crippen molar-refractivity contribution >= 4 is 6.29 Å². The fraction of sp³-hybridized carbons (Fsp3) is 0. The van der Waals surface area contributed by atoms with Gasteiger partial charge in [0.1, 0.15) is 0 Å². The first kappa shape index (κ1) is 8.43. The van der Waals surface area contributed by atoms with Crippen LogP contribution >= 0.6 is 0 Å². The molecule has 0 saturated carbocycles. The molecule has 0 radical (unpaired) electrons. The van der Waals surface area contributed by atoms with Crippen molar-refractivity contribution < 1.29 is 4.79 Å². The number of aldehydes is 1. The van der Waals surface area contributed by atoms with Crippen LogP contribution in [0.5, 0.6) is 0 Å². The zero-order chi connectivity index (χ0) is 9.97. The third-order valence-electron chi connectivity index (χ3n) is 1.87. The van der Waals surface area contributed by atoms with E-state index in [1.807, 2.05) is 0 Å². The van der Waals surface area contributed by atoms with Crippen LogP contribution < -0.4 is 5.56 Å². The lowest BCUT2D eigenvalue weighted by molar-refractivity contribution is 0.112. The molecule has 0 bridgehead atoms. The van der Waals surface area contributed by atoms with E-state index in [0.717, 1.165) is 0 Å². The topological polar surface area (TPSA) is 67.8 Å². The van der Waals surface area contributed by atoms with Crippen molar-refractivity contribution in [2.24, 2.45) is 0 Å². The number of aromatic amines is 1. The van der Waals surface area contributed by atoms with Crippen molar-refractivity contribution in [3.05, 3.63) is 46.6 Å². The van der Waals surface area contributed by atoms with Gasteiger partial charge in [-0.15, -0.1) is 0 Å². The second kappa shape index (κ2) is 3.29. The Bertz CT molecular complexity index is 499. The second-order valence-electron chi connectivity index (χ2n) is 2.71. The molecule has 0 atom stereocenters. The number of H-pyrrole nitrogens is 1. The fourth-order valence-electron chi connectivity index (χ4n) is 1.18. The van der Waals surface area contributed by atoms with Gasteiger partial charge in [-0.3, -0.25) is 19.3 Å². The van der Waals surface area contributed by atoms with Crippen molar-refractivity contribution in [2.75, 3.05) is 0 Å². The molecule has 14 heavy (non-hydrogen) atoms. The van der Waals surface area contributed by atoms with Crippen molar-refractivity contribution in [1.29, 1.82) is 0 Å². The lowest BCUT2D eigenvalue weighted by Crippen LogP contribution is -2.20. The second-order valence-corrected chi connectivity index (χ2v) is 2.71. The monoisotopic (exact) mass is 189 g/mol. The first-order valence-corrected chi connectivity index (χ1v) is 3.99. The van der Waals surface area contributed by atoms with Crippen LogP contribution in [0.1, 0.15) is 10.4 Å². The molecule has 0 aromatic carbocycles. The minimum Gasteiger partial charge on any atom is -0.298 e. The van der Waals surface area contributed by atoms with E-state index in [9.17, 15) is 9.59 Å². The van der Waals surface area contributed by atoms with Crippen LogP contribution in [0.25, 0.3) is 5.69 Å². The van der Waals surface area contributed by atoms with Gasteiger partial charge in [0.2, 0.25) is 0 Å². The Labute approximate surface area is 79.0 Å². The van der Waals surface area contributed by atoms with Gasteiger partial charge in [0.05, 0.1) is 17.4 Å². The molecule has 0 saturated heterocycles. The van der Waals surface area contributed by atoms with Crippen LogP contribution in [0.2, 0.25) is 0 Å². The number of pyridine rings is 1. The average molecular weight is 189 g/mol. The number of rotatable bonds is 2. The third kappa shape index (κ3) is 1.24. The molecule has 0 unspecified atom stereocenters. The Morgan fingerprint density at radius 2 is 2.36 bits per heavy atom. The van der Waals surface area contributed by atoms with Crippen LogP contribution in [0.15, 0.2) is 35.5 Å². The summed E-state index contributed by atoms with van der Waals surface area (Å²) in [6.07, 6.45) is 5.21. The molecule has 2 aromatic rings. The molecule has 1 N–H and O–H groups in total. The Kier molecular flexibility index (Phi) is 1.98. The van der Waals surface area contributed by atoms with E-state index < -0.39 is 0 Å². The summed E-state index contributed by atoms with van der Waals surface area (Å²) in [6, 6.07) is 3.12. The molecule has 0 aliphatic rings. The van der Waals surface area contributed by atoms with Crippen LogP contribution in [0.3, 0.4) is 0 Å². The number of aromatic nitrogens is 3. The molecular weight excluding hydrogens is 182 g/mol. The van der Waals surface area contributed by atoms with E-state index in [4.69, 9.17) is 0 Å². The summed E-state index contributed by atoms with van der Waals surface area (Å²) in [5, 5.41) is 6.32. The van der Waals surface area contributed by atoms with Gasteiger partial charge in [0.15, 0.2) is 6.29 Å². The molecule has 2 rings (SSSR count). The molecule has 0 amide bonds. The Morgan fingerprint density at radius 3 is 3.00 bits per heavy atom. The molecule has 0 aliphatic carbocycles. The van der Waals surface area contributed by atoms with E-state index in [1.54, 1.807) is 18.5 Å². The van der Waals surface area contributed by atoms with Gasteiger partial charge < -0.3 is 0 Å². The maximum Gasteiger partial charge on any atom is 0.265 e. The minimum absolute atomic E-state index is 0.133. The smallest absolute Gasteiger partial charge is 0.265 e. The van der Waals surface area contributed by atoms with Crippen LogP contribution in [-0.2, 0) is 0 Å². The molecule has 0 fully saturated rings. The number of nitrogens with zero attached hydrogens (tertiary/aromatic N) is 2. The summed E-state index contributed by atoms with van der Waals surface area (Å²) >= 11 is 0. The maximum absolute atomic E-state index is 11.6. The minimum atomic E-state index is -0.344. The Hall–Kier alpha value is -2.17. The average Bonchev–Trinajstić information content (AvgIpc) is 2.71. The van der Waals surface area contributed by atoms with Gasteiger partial charge in [0.25, 0.3) is 5.56 Å². The summed E-state index contributed by atoms with van der Waals surface area (Å²) in [7, 11) is 0. The maximum atomic E-state index is 11.6. The van der Waals surface area contributed by atoms with Gasteiger partial charge in [-0.2, -0.15) is 5.10 Å². The lowest BCUT2D eigenvalue weighted by atomic mass is 10.3. The largest absolute Gasteiger partial charge is 0.298 e. The number of hydrogen-bond donors (Lipinski definition) is 1. The van der Waals surface area contributed by atoms with Gasteiger partial charge in [-0.05, 0) is 12.1 Å². The van der Waals surface area contributed by atoms with Crippen molar-refractivity contribution in [3.63, 3.8) is 0 Å². The Balaban J connectivity index is 2.66. The SMILES string of the molecule is O=Cc1cccn(-c2cn[nH]c2)c1=O. The summed E-state index contributed by atoms with van der Waals surface area (Å²) < 4.78 is 1.35. The first-order valence-electron chi connectivity index (χ1n) is 3.99. The van der Waals surface area contributed by atoms with Crippen molar-refractivity contribution in [2.45, 2.75) is 0 Å². The predicted octanol–water partition coefficient (Wildman–Crippen LogP) is 0.373. The summed E-state index contributed by atoms with van der Waals surface area (Å²) in [5.74, 6) is 0. The van der Waals surface area contributed by atoms with Gasteiger partial charge in [-0.25, -0.2) is 0 Å². The highest BCUT2D eigenvalue weighted by molar-refractivity contribution is 5.74. The first-order chi connectivity index (χ1) is 6.83. The highest BCUT2D eigenvalue weighted by Crippen LogP contribution is 2.00. The zero-order valence-electron chi connectivity index (χ0n) is 7.18. The molecule has 0 aliphatic heterocycles. The predicted molar refractivity (Wildman–Crippen MR) is 49.6 cm³/mol. The highest BCUT2D eigenvalue weighted by atomic mass is 16.1. The van der Waals surface area contributed by atoms with E-state index in [2.05, 4.69) is 10.2 Å². The molecule has 70 valence electrons.